The summed E-state index contributed by atoms with van der Waals surface area (Å²) < 4.78 is 5.39. The number of urea groups is 1. The molecule has 2 amide bonds. The van der Waals surface area contributed by atoms with E-state index in [1.165, 1.54) is 0 Å². The van der Waals surface area contributed by atoms with Gasteiger partial charge in [0.2, 0.25) is 0 Å². The molecule has 0 aromatic heterocycles. The normalized spacial score (nSPS) is 27.9. The SMILES string of the molecule is CC(N)CCN1CC(C2CCOCC2)N(C)C1=O. The van der Waals surface area contributed by atoms with Crippen molar-refractivity contribution in [1.82, 2.24) is 9.80 Å². The molecule has 2 heterocycles. The van der Waals surface area contributed by atoms with Crippen LogP contribution >= 0.6 is 0 Å². The lowest BCUT2D eigenvalue weighted by Crippen LogP contribution is -2.38. The van der Waals surface area contributed by atoms with E-state index in [-0.39, 0.29) is 12.1 Å². The summed E-state index contributed by atoms with van der Waals surface area (Å²) in [5.41, 5.74) is 5.76. The monoisotopic (exact) mass is 255 g/mol. The number of carbonyl (C=O) groups excluding carboxylic acids is 1. The highest BCUT2D eigenvalue weighted by atomic mass is 16.5. The second-order valence-electron chi connectivity index (χ2n) is 5.62. The van der Waals surface area contributed by atoms with E-state index in [1.807, 2.05) is 23.8 Å². The van der Waals surface area contributed by atoms with Crippen LogP contribution in [0.2, 0.25) is 0 Å². The van der Waals surface area contributed by atoms with Crippen molar-refractivity contribution < 1.29 is 9.53 Å². The highest BCUT2D eigenvalue weighted by Gasteiger charge is 2.39. The predicted octanol–water partition coefficient (Wildman–Crippen LogP) is 0.886. The van der Waals surface area contributed by atoms with E-state index in [0.717, 1.165) is 45.6 Å². The van der Waals surface area contributed by atoms with Crippen molar-refractivity contribution in [3.8, 4) is 0 Å². The highest BCUT2D eigenvalue weighted by Crippen LogP contribution is 2.27. The Bertz CT molecular complexity index is 290. The Hall–Kier alpha value is -0.810. The number of hydrogen-bond acceptors (Lipinski definition) is 3. The molecule has 2 atom stereocenters. The van der Waals surface area contributed by atoms with Crippen LogP contribution in [-0.2, 0) is 4.74 Å². The van der Waals surface area contributed by atoms with Gasteiger partial charge in [-0.25, -0.2) is 4.79 Å². The van der Waals surface area contributed by atoms with E-state index in [0.29, 0.717) is 12.0 Å². The Labute approximate surface area is 109 Å². The van der Waals surface area contributed by atoms with Crippen molar-refractivity contribution in [3.63, 3.8) is 0 Å². The van der Waals surface area contributed by atoms with Gasteiger partial charge in [0.25, 0.3) is 0 Å². The van der Waals surface area contributed by atoms with Gasteiger partial charge < -0.3 is 20.3 Å². The maximum absolute atomic E-state index is 12.2. The van der Waals surface area contributed by atoms with Crippen LogP contribution in [0.15, 0.2) is 0 Å². The molecule has 2 unspecified atom stereocenters. The molecule has 0 aromatic rings. The Morgan fingerprint density at radius 2 is 2.11 bits per heavy atom. The molecule has 2 rings (SSSR count). The molecule has 0 radical (unpaired) electrons. The third-order valence-electron chi connectivity index (χ3n) is 4.14. The summed E-state index contributed by atoms with van der Waals surface area (Å²) in [5.74, 6) is 0.591. The molecule has 0 aliphatic carbocycles. The van der Waals surface area contributed by atoms with Crippen LogP contribution in [0.4, 0.5) is 4.79 Å². The number of ether oxygens (including phenoxy) is 1. The molecule has 18 heavy (non-hydrogen) atoms. The Kier molecular flexibility index (Phi) is 4.45. The molecule has 0 aromatic carbocycles. The molecule has 104 valence electrons. The smallest absolute Gasteiger partial charge is 0.320 e. The first kappa shape index (κ1) is 13.6. The molecule has 0 spiro atoms. The lowest BCUT2D eigenvalue weighted by molar-refractivity contribution is 0.0452. The molecule has 5 heteroatoms. The minimum Gasteiger partial charge on any atom is -0.381 e. The third kappa shape index (κ3) is 2.95. The molecule has 2 fully saturated rings. The Morgan fingerprint density at radius 1 is 1.44 bits per heavy atom. The molecule has 2 aliphatic heterocycles. The molecular formula is C13H25N3O2. The number of nitrogens with two attached hydrogens (primary N) is 1. The summed E-state index contributed by atoms with van der Waals surface area (Å²) in [7, 11) is 1.92. The average molecular weight is 255 g/mol. The van der Waals surface area contributed by atoms with Crippen LogP contribution in [0.3, 0.4) is 0 Å². The fraction of sp³-hybridized carbons (Fsp3) is 0.923. The van der Waals surface area contributed by atoms with Crippen LogP contribution in [-0.4, -0.2) is 61.3 Å². The fourth-order valence-corrected chi connectivity index (χ4v) is 2.90. The van der Waals surface area contributed by atoms with E-state index in [9.17, 15) is 4.79 Å². The standard InChI is InChI=1S/C13H25N3O2/c1-10(14)3-6-16-9-12(15(2)13(16)17)11-4-7-18-8-5-11/h10-12H,3-9,14H2,1-2H3. The highest BCUT2D eigenvalue weighted by molar-refractivity contribution is 5.76. The number of carbonyl (C=O) groups is 1. The summed E-state index contributed by atoms with van der Waals surface area (Å²) >= 11 is 0. The Morgan fingerprint density at radius 3 is 2.72 bits per heavy atom. The van der Waals surface area contributed by atoms with Gasteiger partial charge in [-0.15, -0.1) is 0 Å². The van der Waals surface area contributed by atoms with Gasteiger partial charge in [0.05, 0.1) is 6.04 Å². The maximum atomic E-state index is 12.2. The Balaban J connectivity index is 1.91. The van der Waals surface area contributed by atoms with Crippen molar-refractivity contribution in [1.29, 1.82) is 0 Å². The molecule has 0 saturated carbocycles. The van der Waals surface area contributed by atoms with Gasteiger partial charge in [0.1, 0.15) is 0 Å². The zero-order valence-corrected chi connectivity index (χ0v) is 11.5. The van der Waals surface area contributed by atoms with Gasteiger partial charge in [-0.05, 0) is 32.1 Å². The van der Waals surface area contributed by atoms with Crippen molar-refractivity contribution >= 4 is 6.03 Å². The third-order valence-corrected chi connectivity index (χ3v) is 4.14. The van der Waals surface area contributed by atoms with E-state index >= 15 is 0 Å². The first-order valence-corrected chi connectivity index (χ1v) is 6.94. The van der Waals surface area contributed by atoms with E-state index < -0.39 is 0 Å². The van der Waals surface area contributed by atoms with Gasteiger partial charge in [0.15, 0.2) is 0 Å². The van der Waals surface area contributed by atoms with Crippen molar-refractivity contribution in [2.45, 2.75) is 38.3 Å². The minimum absolute atomic E-state index is 0.158. The number of amides is 2. The van der Waals surface area contributed by atoms with Crippen LogP contribution in [0, 0.1) is 5.92 Å². The van der Waals surface area contributed by atoms with Gasteiger partial charge in [-0.2, -0.15) is 0 Å². The molecule has 2 saturated heterocycles. The fourth-order valence-electron chi connectivity index (χ4n) is 2.90. The zero-order chi connectivity index (χ0) is 13.1. The summed E-state index contributed by atoms with van der Waals surface area (Å²) in [6, 6.07) is 0.673. The van der Waals surface area contributed by atoms with Crippen molar-refractivity contribution in [2.24, 2.45) is 11.7 Å². The zero-order valence-electron chi connectivity index (χ0n) is 11.5. The number of nitrogens with zero attached hydrogens (tertiary/aromatic N) is 2. The topological polar surface area (TPSA) is 58.8 Å². The van der Waals surface area contributed by atoms with E-state index in [4.69, 9.17) is 10.5 Å². The number of likely N-dealkylation sites (N-methyl/N-ethyl adjacent to an activating group) is 1. The maximum Gasteiger partial charge on any atom is 0.320 e. The summed E-state index contributed by atoms with van der Waals surface area (Å²) in [5, 5.41) is 0. The van der Waals surface area contributed by atoms with Crippen LogP contribution in [0.25, 0.3) is 0 Å². The lowest BCUT2D eigenvalue weighted by Gasteiger charge is -2.30. The lowest BCUT2D eigenvalue weighted by atomic mass is 9.91. The average Bonchev–Trinajstić information content (AvgIpc) is 2.65. The second-order valence-corrected chi connectivity index (χ2v) is 5.62. The van der Waals surface area contributed by atoms with Crippen LogP contribution < -0.4 is 5.73 Å². The summed E-state index contributed by atoms with van der Waals surface area (Å²) in [6.07, 6.45) is 3.02. The quantitative estimate of drug-likeness (QED) is 0.811. The van der Waals surface area contributed by atoms with Gasteiger partial charge in [-0.3, -0.25) is 0 Å². The molecule has 2 aliphatic rings. The number of hydrogen-bond donors (Lipinski definition) is 1. The molecule has 0 bridgehead atoms. The van der Waals surface area contributed by atoms with E-state index in [1.54, 1.807) is 0 Å². The minimum atomic E-state index is 0.158. The molecular weight excluding hydrogens is 230 g/mol. The van der Waals surface area contributed by atoms with Crippen molar-refractivity contribution in [3.05, 3.63) is 0 Å². The summed E-state index contributed by atoms with van der Waals surface area (Å²) in [4.78, 5) is 16.0. The van der Waals surface area contributed by atoms with Crippen LogP contribution in [0.1, 0.15) is 26.2 Å². The predicted molar refractivity (Wildman–Crippen MR) is 70.3 cm³/mol. The first-order chi connectivity index (χ1) is 8.59. The molecule has 2 N–H and O–H groups in total. The molecule has 5 nitrogen and oxygen atoms in total. The first-order valence-electron chi connectivity index (χ1n) is 6.94. The van der Waals surface area contributed by atoms with Gasteiger partial charge in [0, 0.05) is 39.4 Å². The summed E-state index contributed by atoms with van der Waals surface area (Å²) in [6.45, 7) is 5.29. The van der Waals surface area contributed by atoms with Crippen LogP contribution in [0.5, 0.6) is 0 Å². The van der Waals surface area contributed by atoms with Gasteiger partial charge in [-0.1, -0.05) is 0 Å². The number of rotatable bonds is 4. The van der Waals surface area contributed by atoms with Gasteiger partial charge >= 0.3 is 6.03 Å². The van der Waals surface area contributed by atoms with Crippen molar-refractivity contribution in [2.75, 3.05) is 33.4 Å². The van der Waals surface area contributed by atoms with E-state index in [2.05, 4.69) is 0 Å². The largest absolute Gasteiger partial charge is 0.381 e. The second kappa shape index (κ2) is 5.89.